The Balaban J connectivity index is 1.32. The fourth-order valence-corrected chi connectivity index (χ4v) is 3.59. The van der Waals surface area contributed by atoms with E-state index in [4.69, 9.17) is 14.2 Å². The molecule has 2 aliphatic rings. The molecule has 0 atom stereocenters. The molecule has 28 heavy (non-hydrogen) atoms. The second-order valence-corrected chi connectivity index (χ2v) is 7.06. The first kappa shape index (κ1) is 16.9. The highest BCUT2D eigenvalue weighted by Crippen LogP contribution is 2.33. The number of hydrogen-bond donors (Lipinski definition) is 0. The molecular weight excluding hydrogens is 354 g/mol. The van der Waals surface area contributed by atoms with Gasteiger partial charge in [-0.2, -0.15) is 4.98 Å². The molecule has 0 spiro atoms. The summed E-state index contributed by atoms with van der Waals surface area (Å²) in [6.07, 6.45) is 1.00. The van der Waals surface area contributed by atoms with Crippen molar-refractivity contribution in [3.63, 3.8) is 0 Å². The largest absolute Gasteiger partial charge is 0.473 e. The highest BCUT2D eigenvalue weighted by Gasteiger charge is 2.19. The zero-order valence-electron chi connectivity index (χ0n) is 15.7. The second-order valence-electron chi connectivity index (χ2n) is 7.06. The number of rotatable bonds is 4. The summed E-state index contributed by atoms with van der Waals surface area (Å²) in [5.74, 6) is 2.83. The Morgan fingerprint density at radius 2 is 1.86 bits per heavy atom. The number of aryl methyl sites for hydroxylation is 1. The van der Waals surface area contributed by atoms with Crippen LogP contribution in [-0.4, -0.2) is 23.3 Å². The minimum atomic E-state index is 0.271. The molecule has 0 saturated carbocycles. The number of aromatic nitrogens is 2. The van der Waals surface area contributed by atoms with Gasteiger partial charge >= 0.3 is 0 Å². The van der Waals surface area contributed by atoms with E-state index in [1.807, 2.05) is 31.2 Å². The van der Waals surface area contributed by atoms with Crippen LogP contribution in [0.4, 0.5) is 5.95 Å². The summed E-state index contributed by atoms with van der Waals surface area (Å²) in [4.78, 5) is 11.5. The van der Waals surface area contributed by atoms with E-state index in [-0.39, 0.29) is 6.79 Å². The predicted octanol–water partition coefficient (Wildman–Crippen LogP) is 3.66. The van der Waals surface area contributed by atoms with Gasteiger partial charge in [0.1, 0.15) is 6.61 Å². The maximum Gasteiger partial charge on any atom is 0.231 e. The van der Waals surface area contributed by atoms with Gasteiger partial charge in [-0.05, 0) is 42.2 Å². The summed E-state index contributed by atoms with van der Waals surface area (Å²) in [5.41, 5.74) is 4.64. The van der Waals surface area contributed by atoms with E-state index >= 15 is 0 Å². The number of hydrogen-bond acceptors (Lipinski definition) is 6. The molecule has 0 bridgehead atoms. The first-order chi connectivity index (χ1) is 13.7. The van der Waals surface area contributed by atoms with Crippen molar-refractivity contribution in [2.45, 2.75) is 26.5 Å². The van der Waals surface area contributed by atoms with Crippen LogP contribution in [0.2, 0.25) is 0 Å². The summed E-state index contributed by atoms with van der Waals surface area (Å²) in [5, 5.41) is 0. The molecule has 0 saturated heterocycles. The van der Waals surface area contributed by atoms with E-state index in [1.165, 1.54) is 11.1 Å². The highest BCUT2D eigenvalue weighted by atomic mass is 16.7. The average molecular weight is 375 g/mol. The van der Waals surface area contributed by atoms with Crippen molar-refractivity contribution < 1.29 is 14.2 Å². The first-order valence-electron chi connectivity index (χ1n) is 9.43. The number of benzene rings is 2. The maximum atomic E-state index is 5.96. The minimum Gasteiger partial charge on any atom is -0.473 e. The molecule has 0 amide bonds. The van der Waals surface area contributed by atoms with E-state index in [2.05, 4.69) is 39.1 Å². The maximum absolute atomic E-state index is 5.96. The molecule has 0 radical (unpaired) electrons. The number of anilines is 1. The second kappa shape index (κ2) is 7.03. The quantitative estimate of drug-likeness (QED) is 0.694. The third-order valence-corrected chi connectivity index (χ3v) is 5.06. The van der Waals surface area contributed by atoms with Gasteiger partial charge in [-0.3, -0.25) is 0 Å². The summed E-state index contributed by atoms with van der Waals surface area (Å²) < 4.78 is 16.7. The van der Waals surface area contributed by atoms with Gasteiger partial charge in [-0.1, -0.05) is 30.3 Å². The van der Waals surface area contributed by atoms with Gasteiger partial charge in [-0.25, -0.2) is 4.98 Å². The van der Waals surface area contributed by atoms with Gasteiger partial charge < -0.3 is 19.1 Å². The van der Waals surface area contributed by atoms with Gasteiger partial charge in [0.05, 0.1) is 0 Å². The standard InChI is InChI=1S/C22H21N3O3/c1-15-10-21(26-13-16-6-7-19-20(11-16)28-14-27-19)24-22(23-15)25-9-8-17-4-2-3-5-18(17)12-25/h2-7,10-11H,8-9,12-14H2,1H3. The smallest absolute Gasteiger partial charge is 0.231 e. The van der Waals surface area contributed by atoms with E-state index < -0.39 is 0 Å². The first-order valence-corrected chi connectivity index (χ1v) is 9.43. The van der Waals surface area contributed by atoms with Crippen molar-refractivity contribution in [3.05, 3.63) is 70.9 Å². The Hall–Kier alpha value is -3.28. The van der Waals surface area contributed by atoms with Gasteiger partial charge in [-0.15, -0.1) is 0 Å². The van der Waals surface area contributed by atoms with Crippen molar-refractivity contribution >= 4 is 5.95 Å². The zero-order valence-corrected chi connectivity index (χ0v) is 15.7. The molecule has 6 heteroatoms. The summed E-state index contributed by atoms with van der Waals surface area (Å²) in [6.45, 7) is 4.38. The lowest BCUT2D eigenvalue weighted by Gasteiger charge is -2.29. The topological polar surface area (TPSA) is 56.7 Å². The molecule has 142 valence electrons. The van der Waals surface area contributed by atoms with Crippen LogP contribution in [0.1, 0.15) is 22.4 Å². The molecule has 0 unspecified atom stereocenters. The summed E-state index contributed by atoms with van der Waals surface area (Å²) in [6, 6.07) is 16.2. The highest BCUT2D eigenvalue weighted by molar-refractivity contribution is 5.45. The van der Waals surface area contributed by atoms with Gasteiger partial charge in [0.15, 0.2) is 11.5 Å². The van der Waals surface area contributed by atoms with Crippen LogP contribution >= 0.6 is 0 Å². The van der Waals surface area contributed by atoms with E-state index in [0.29, 0.717) is 12.5 Å². The average Bonchev–Trinajstić information content (AvgIpc) is 3.19. The van der Waals surface area contributed by atoms with Crippen LogP contribution < -0.4 is 19.1 Å². The summed E-state index contributed by atoms with van der Waals surface area (Å²) >= 11 is 0. The molecule has 5 rings (SSSR count). The lowest BCUT2D eigenvalue weighted by atomic mass is 10.0. The fraction of sp³-hybridized carbons (Fsp3) is 0.273. The molecule has 0 aliphatic carbocycles. The van der Waals surface area contributed by atoms with Crippen LogP contribution in [-0.2, 0) is 19.6 Å². The molecule has 3 heterocycles. The lowest BCUT2D eigenvalue weighted by Crippen LogP contribution is -2.31. The molecule has 0 fully saturated rings. The van der Waals surface area contributed by atoms with Crippen molar-refractivity contribution in [2.24, 2.45) is 0 Å². The van der Waals surface area contributed by atoms with Gasteiger partial charge in [0.25, 0.3) is 0 Å². The van der Waals surface area contributed by atoms with Crippen LogP contribution in [0.3, 0.4) is 0 Å². The molecular formula is C22H21N3O3. The van der Waals surface area contributed by atoms with Crippen LogP contribution in [0, 0.1) is 6.92 Å². The third-order valence-electron chi connectivity index (χ3n) is 5.06. The predicted molar refractivity (Wildman–Crippen MR) is 105 cm³/mol. The van der Waals surface area contributed by atoms with Gasteiger partial charge in [0.2, 0.25) is 18.6 Å². The number of fused-ring (bicyclic) bond motifs is 2. The van der Waals surface area contributed by atoms with Crippen LogP contribution in [0.5, 0.6) is 17.4 Å². The molecule has 0 N–H and O–H groups in total. The molecule has 6 nitrogen and oxygen atoms in total. The Morgan fingerprint density at radius 1 is 1.00 bits per heavy atom. The molecule has 2 aliphatic heterocycles. The minimum absolute atomic E-state index is 0.271. The Kier molecular flexibility index (Phi) is 4.24. The van der Waals surface area contributed by atoms with E-state index in [9.17, 15) is 0 Å². The molecule has 2 aromatic carbocycles. The lowest BCUT2D eigenvalue weighted by molar-refractivity contribution is 0.174. The SMILES string of the molecule is Cc1cc(OCc2ccc3c(c2)OCO3)nc(N2CCc3ccccc3C2)n1. The number of ether oxygens (including phenoxy) is 3. The Bertz CT molecular complexity index is 1020. The van der Waals surface area contributed by atoms with Crippen LogP contribution in [0.15, 0.2) is 48.5 Å². The van der Waals surface area contributed by atoms with E-state index in [0.717, 1.165) is 48.2 Å². The van der Waals surface area contributed by atoms with Crippen molar-refractivity contribution in [3.8, 4) is 17.4 Å². The normalized spacial score (nSPS) is 14.7. The third kappa shape index (κ3) is 3.33. The van der Waals surface area contributed by atoms with Crippen molar-refractivity contribution in [2.75, 3.05) is 18.2 Å². The molecule has 1 aromatic heterocycles. The van der Waals surface area contributed by atoms with Crippen molar-refractivity contribution in [1.29, 1.82) is 0 Å². The van der Waals surface area contributed by atoms with E-state index in [1.54, 1.807) is 0 Å². The van der Waals surface area contributed by atoms with Crippen LogP contribution in [0.25, 0.3) is 0 Å². The monoisotopic (exact) mass is 375 g/mol. The van der Waals surface area contributed by atoms with Gasteiger partial charge in [0, 0.05) is 24.8 Å². The Morgan fingerprint density at radius 3 is 2.79 bits per heavy atom. The van der Waals surface area contributed by atoms with Crippen molar-refractivity contribution in [1.82, 2.24) is 9.97 Å². The number of nitrogens with zero attached hydrogens (tertiary/aromatic N) is 3. The Labute approximate surface area is 163 Å². The molecule has 3 aromatic rings. The summed E-state index contributed by atoms with van der Waals surface area (Å²) in [7, 11) is 0. The fourth-order valence-electron chi connectivity index (χ4n) is 3.59. The zero-order chi connectivity index (χ0) is 18.9.